The Balaban J connectivity index is 1.60. The molecule has 13 heteroatoms. The van der Waals surface area contributed by atoms with E-state index < -0.39 is 66.8 Å². The van der Waals surface area contributed by atoms with Crippen molar-refractivity contribution >= 4 is 79.2 Å². The van der Waals surface area contributed by atoms with Gasteiger partial charge in [-0.1, -0.05) is 71.6 Å². The molecule has 0 spiro atoms. The molecular formula is C26H26Cl3NO8S. The molecule has 0 radical (unpaired) electrons. The maximum Gasteiger partial charge on any atom is 0.417 e. The van der Waals surface area contributed by atoms with Gasteiger partial charge in [-0.2, -0.15) is 0 Å². The van der Waals surface area contributed by atoms with Gasteiger partial charge in [-0.05, 0) is 56.0 Å². The van der Waals surface area contributed by atoms with Gasteiger partial charge in [-0.3, -0.25) is 9.59 Å². The van der Waals surface area contributed by atoms with Gasteiger partial charge in [0.1, 0.15) is 23.4 Å². The summed E-state index contributed by atoms with van der Waals surface area (Å²) in [6.45, 7) is 1.77. The molecule has 39 heavy (non-hydrogen) atoms. The molecule has 2 amide bonds. The van der Waals surface area contributed by atoms with Crippen LogP contribution in [0.4, 0.5) is 4.79 Å². The molecule has 3 atom stereocenters. The van der Waals surface area contributed by atoms with E-state index in [2.05, 4.69) is 0 Å². The van der Waals surface area contributed by atoms with Crippen LogP contribution in [0.2, 0.25) is 0 Å². The highest BCUT2D eigenvalue weighted by Crippen LogP contribution is 2.37. The van der Waals surface area contributed by atoms with Crippen LogP contribution >= 0.6 is 34.8 Å². The summed E-state index contributed by atoms with van der Waals surface area (Å²) in [5.41, 5.74) is -1.74. The molecule has 1 aliphatic heterocycles. The van der Waals surface area contributed by atoms with Gasteiger partial charge < -0.3 is 9.47 Å². The largest absolute Gasteiger partial charge is 0.459 e. The molecule has 0 N–H and O–H groups in total. The molecule has 2 aliphatic rings. The van der Waals surface area contributed by atoms with Crippen molar-refractivity contribution in [2.45, 2.75) is 65.6 Å². The number of benzene rings is 2. The lowest BCUT2D eigenvalue weighted by molar-refractivity contribution is -0.158. The fraction of sp³-hybridized carbons (Fsp3) is 0.462. The number of sulfone groups is 1. The number of alkyl halides is 3. The summed E-state index contributed by atoms with van der Waals surface area (Å²) in [6.07, 6.45) is -0.844. The Hall–Kier alpha value is -2.40. The van der Waals surface area contributed by atoms with Crippen molar-refractivity contribution in [2.24, 2.45) is 5.41 Å². The summed E-state index contributed by atoms with van der Waals surface area (Å²) >= 11 is 16.8. The molecule has 2 aromatic carbocycles. The summed E-state index contributed by atoms with van der Waals surface area (Å²) < 4.78 is 35.8. The molecule has 1 heterocycles. The minimum absolute atomic E-state index is 0.0827. The molecule has 2 fully saturated rings. The Morgan fingerprint density at radius 2 is 1.67 bits per heavy atom. The number of likely N-dealkylation sites (tertiary alicyclic amines) is 1. The molecule has 9 nitrogen and oxygen atoms in total. The zero-order chi connectivity index (χ0) is 28.8. The Morgan fingerprint density at radius 3 is 2.33 bits per heavy atom. The first-order chi connectivity index (χ1) is 18.1. The van der Waals surface area contributed by atoms with Crippen LogP contribution in [0.3, 0.4) is 0 Å². The molecule has 0 bridgehead atoms. The number of esters is 1. The first-order valence-corrected chi connectivity index (χ1v) is 14.9. The molecule has 1 unspecified atom stereocenters. The van der Waals surface area contributed by atoms with Crippen molar-refractivity contribution in [1.82, 2.24) is 4.90 Å². The predicted octanol–water partition coefficient (Wildman–Crippen LogP) is 4.78. The monoisotopic (exact) mass is 617 g/mol. The molecule has 1 saturated heterocycles. The normalized spacial score (nSPS) is 23.6. The maximum absolute atomic E-state index is 13.7. The van der Waals surface area contributed by atoms with Crippen LogP contribution in [0, 0.1) is 5.41 Å². The van der Waals surface area contributed by atoms with Gasteiger partial charge in [0.2, 0.25) is 9.70 Å². The smallest absolute Gasteiger partial charge is 0.417 e. The van der Waals surface area contributed by atoms with E-state index in [1.807, 2.05) is 12.1 Å². The number of carbonyl (C=O) groups is 4. The topological polar surface area (TPSA) is 124 Å². The van der Waals surface area contributed by atoms with Crippen molar-refractivity contribution in [2.75, 3.05) is 6.61 Å². The molecule has 2 aromatic rings. The molecule has 4 rings (SSSR count). The van der Waals surface area contributed by atoms with Gasteiger partial charge in [0.25, 0.3) is 0 Å². The van der Waals surface area contributed by atoms with E-state index in [0.29, 0.717) is 17.7 Å². The van der Waals surface area contributed by atoms with Gasteiger partial charge in [-0.25, -0.2) is 22.9 Å². The fourth-order valence-electron chi connectivity index (χ4n) is 4.88. The molecule has 1 aliphatic carbocycles. The number of fused-ring (bicyclic) bond motifs is 1. The zero-order valence-corrected chi connectivity index (χ0v) is 24.1. The number of nitrogens with zero attached hydrogens (tertiary/aromatic N) is 1. The quantitative estimate of drug-likeness (QED) is 0.266. The second kappa shape index (κ2) is 10.9. The molecule has 0 aromatic heterocycles. The average molecular weight is 619 g/mol. The first kappa shape index (κ1) is 29.6. The van der Waals surface area contributed by atoms with Crippen molar-refractivity contribution < 1.29 is 37.1 Å². The minimum atomic E-state index is -3.95. The Labute approximate surface area is 240 Å². The third kappa shape index (κ3) is 5.89. The summed E-state index contributed by atoms with van der Waals surface area (Å²) in [6, 6.07) is 10.1. The van der Waals surface area contributed by atoms with Gasteiger partial charge in [-0.15, -0.1) is 0 Å². The third-order valence-corrected chi connectivity index (χ3v) is 9.59. The molecule has 1 saturated carbocycles. The lowest BCUT2D eigenvalue weighted by atomic mass is 9.88. The fourth-order valence-corrected chi connectivity index (χ4v) is 7.01. The number of rotatable bonds is 5. The second-order valence-electron chi connectivity index (χ2n) is 10.1. The van der Waals surface area contributed by atoms with E-state index >= 15 is 0 Å². The minimum Gasteiger partial charge on any atom is -0.459 e. The van der Waals surface area contributed by atoms with Crippen LogP contribution in [0.15, 0.2) is 47.4 Å². The zero-order valence-electron chi connectivity index (χ0n) is 21.1. The van der Waals surface area contributed by atoms with E-state index in [0.717, 1.165) is 10.8 Å². The van der Waals surface area contributed by atoms with Crippen LogP contribution in [0.5, 0.6) is 0 Å². The van der Waals surface area contributed by atoms with Crippen LogP contribution in [0.1, 0.15) is 39.5 Å². The number of halogens is 3. The van der Waals surface area contributed by atoms with E-state index in [-0.39, 0.29) is 17.7 Å². The number of ketones is 1. The van der Waals surface area contributed by atoms with Gasteiger partial charge in [0.05, 0.1) is 4.90 Å². The molecular weight excluding hydrogens is 593 g/mol. The van der Waals surface area contributed by atoms with Crippen LogP contribution < -0.4 is 0 Å². The number of hydrogen-bond acceptors (Lipinski definition) is 8. The van der Waals surface area contributed by atoms with Crippen LogP contribution in [-0.4, -0.2) is 64.9 Å². The SMILES string of the molecule is CC1(C)C(=O)C(C(=O)O[C@H]2CCCC[C@@H]2S(=O)(=O)c2ccc3ccccc3c2)N(C(=O)OCC(Cl)(Cl)Cl)C1=O. The number of ether oxygens (including phenoxy) is 2. The standard InChI is InChI=1S/C26H26Cl3NO8S/c1-25(2)21(31)20(30(23(25)33)24(34)37-14-26(27,28)29)22(32)38-18-9-5-6-10-19(18)39(35,36)17-12-11-15-7-3-4-8-16(15)13-17/h3-4,7-8,11-13,18-20H,5-6,9-10,14H2,1-2H3/t18-,19-,20?/m0/s1. The third-order valence-electron chi connectivity index (χ3n) is 7.01. The Morgan fingerprint density at radius 1 is 1.03 bits per heavy atom. The molecule has 210 valence electrons. The van der Waals surface area contributed by atoms with E-state index in [4.69, 9.17) is 44.3 Å². The summed E-state index contributed by atoms with van der Waals surface area (Å²) in [5.74, 6) is -3.11. The van der Waals surface area contributed by atoms with Gasteiger partial charge >= 0.3 is 12.1 Å². The summed E-state index contributed by atoms with van der Waals surface area (Å²) in [7, 11) is -3.95. The number of imide groups is 1. The van der Waals surface area contributed by atoms with Crippen molar-refractivity contribution in [1.29, 1.82) is 0 Å². The highest BCUT2D eigenvalue weighted by molar-refractivity contribution is 7.92. The van der Waals surface area contributed by atoms with E-state index in [9.17, 15) is 27.6 Å². The Bertz CT molecular complexity index is 1440. The van der Waals surface area contributed by atoms with Crippen molar-refractivity contribution in [3.8, 4) is 0 Å². The van der Waals surface area contributed by atoms with Crippen LogP contribution in [-0.2, 0) is 33.7 Å². The number of carbonyl (C=O) groups excluding carboxylic acids is 4. The van der Waals surface area contributed by atoms with Crippen molar-refractivity contribution in [3.63, 3.8) is 0 Å². The predicted molar refractivity (Wildman–Crippen MR) is 144 cm³/mol. The number of hydrogen-bond donors (Lipinski definition) is 0. The lowest BCUT2D eigenvalue weighted by Gasteiger charge is -2.32. The highest BCUT2D eigenvalue weighted by Gasteiger charge is 2.60. The number of amides is 2. The summed E-state index contributed by atoms with van der Waals surface area (Å²) in [4.78, 5) is 52.5. The summed E-state index contributed by atoms with van der Waals surface area (Å²) in [5, 5.41) is 0.530. The Kier molecular flexibility index (Phi) is 8.25. The van der Waals surface area contributed by atoms with Crippen molar-refractivity contribution in [3.05, 3.63) is 42.5 Å². The van der Waals surface area contributed by atoms with Gasteiger partial charge in [0.15, 0.2) is 21.7 Å². The highest BCUT2D eigenvalue weighted by atomic mass is 35.6. The average Bonchev–Trinajstić information content (AvgIpc) is 3.06. The first-order valence-electron chi connectivity index (χ1n) is 12.2. The second-order valence-corrected chi connectivity index (χ2v) is 14.8. The van der Waals surface area contributed by atoms with Gasteiger partial charge in [0, 0.05) is 0 Å². The van der Waals surface area contributed by atoms with E-state index in [1.54, 1.807) is 24.3 Å². The number of Topliss-reactive ketones (excluding diaryl/α,β-unsaturated/α-hetero) is 1. The lowest BCUT2D eigenvalue weighted by Crippen LogP contribution is -2.49. The maximum atomic E-state index is 13.7. The van der Waals surface area contributed by atoms with E-state index in [1.165, 1.54) is 19.9 Å². The van der Waals surface area contributed by atoms with Crippen LogP contribution in [0.25, 0.3) is 10.8 Å².